The van der Waals surface area contributed by atoms with E-state index in [9.17, 15) is 28.4 Å². The van der Waals surface area contributed by atoms with Gasteiger partial charge in [-0.1, -0.05) is 6.07 Å². The van der Waals surface area contributed by atoms with E-state index in [1.54, 1.807) is 0 Å². The number of nitro benzene ring substituents is 1. The molecule has 0 fully saturated rings. The molecule has 0 spiro atoms. The molecule has 3 N–H and O–H groups in total. The summed E-state index contributed by atoms with van der Waals surface area (Å²) >= 11 is 0. The molecule has 3 rings (SSSR count). The van der Waals surface area contributed by atoms with Crippen LogP contribution >= 0.6 is 0 Å². The number of carbonyl (C=O) groups is 1. The zero-order valence-electron chi connectivity index (χ0n) is 13.5. The van der Waals surface area contributed by atoms with Gasteiger partial charge in [-0.2, -0.15) is 8.42 Å². The van der Waals surface area contributed by atoms with Gasteiger partial charge >= 0.3 is 0 Å². The van der Waals surface area contributed by atoms with Gasteiger partial charge in [0.25, 0.3) is 21.7 Å². The van der Waals surface area contributed by atoms with E-state index in [0.29, 0.717) is 16.5 Å². The van der Waals surface area contributed by atoms with Crippen molar-refractivity contribution >= 4 is 38.2 Å². The molecular formula is C17H12N2O7S. The van der Waals surface area contributed by atoms with Crippen LogP contribution in [0, 0.1) is 10.1 Å². The number of phenols is 1. The maximum absolute atomic E-state index is 12.2. The van der Waals surface area contributed by atoms with Crippen LogP contribution in [0.15, 0.2) is 59.5 Å². The number of benzene rings is 3. The SMILES string of the molecule is O=C(Nc1ccc2cc(S(=O)(=O)O)c(O)cc2c1)c1ccc([N+](=O)[O-])cc1. The van der Waals surface area contributed by atoms with Crippen LogP contribution in [0.25, 0.3) is 10.8 Å². The molecule has 0 radical (unpaired) electrons. The van der Waals surface area contributed by atoms with Crippen molar-refractivity contribution in [2.45, 2.75) is 4.90 Å². The van der Waals surface area contributed by atoms with Gasteiger partial charge in [-0.15, -0.1) is 0 Å². The first-order valence-electron chi connectivity index (χ1n) is 7.45. The van der Waals surface area contributed by atoms with Gasteiger partial charge in [-0.25, -0.2) is 0 Å². The maximum Gasteiger partial charge on any atom is 0.298 e. The third-order valence-electron chi connectivity index (χ3n) is 3.79. The predicted octanol–water partition coefficient (Wildman–Crippen LogP) is 2.95. The molecule has 0 heterocycles. The highest BCUT2D eigenvalue weighted by Crippen LogP contribution is 2.30. The highest BCUT2D eigenvalue weighted by Gasteiger charge is 2.17. The molecule has 0 unspecified atom stereocenters. The van der Waals surface area contributed by atoms with Gasteiger partial charge in [0.1, 0.15) is 10.6 Å². The molecule has 0 aromatic heterocycles. The molecule has 0 aliphatic carbocycles. The normalized spacial score (nSPS) is 11.3. The lowest BCUT2D eigenvalue weighted by molar-refractivity contribution is -0.384. The summed E-state index contributed by atoms with van der Waals surface area (Å²) in [6, 6.07) is 11.9. The number of hydrogen-bond donors (Lipinski definition) is 3. The van der Waals surface area contributed by atoms with E-state index in [1.807, 2.05) is 0 Å². The molecule has 0 aliphatic rings. The standard InChI is InChI=1S/C17H12N2O7S/c20-15-8-12-7-13(4-1-11(12)9-16(15)27(24,25)26)18-17(21)10-2-5-14(6-3-10)19(22)23/h1-9,20H,(H,18,21)(H,24,25,26). The molecule has 9 nitrogen and oxygen atoms in total. The van der Waals surface area contributed by atoms with Crippen molar-refractivity contribution in [2.75, 3.05) is 5.32 Å². The van der Waals surface area contributed by atoms with Crippen LogP contribution in [-0.4, -0.2) is 28.9 Å². The summed E-state index contributed by atoms with van der Waals surface area (Å²) in [4.78, 5) is 21.7. The molecular weight excluding hydrogens is 376 g/mol. The minimum absolute atomic E-state index is 0.137. The Kier molecular flexibility index (Phi) is 4.52. The van der Waals surface area contributed by atoms with Crippen molar-refractivity contribution in [1.29, 1.82) is 0 Å². The molecule has 0 aliphatic heterocycles. The van der Waals surface area contributed by atoms with E-state index in [1.165, 1.54) is 42.5 Å². The lowest BCUT2D eigenvalue weighted by Gasteiger charge is -2.08. The van der Waals surface area contributed by atoms with Crippen molar-refractivity contribution in [3.8, 4) is 5.75 Å². The van der Waals surface area contributed by atoms with E-state index >= 15 is 0 Å². The van der Waals surface area contributed by atoms with Crippen LogP contribution in [0.4, 0.5) is 11.4 Å². The number of carbonyl (C=O) groups excluding carboxylic acids is 1. The van der Waals surface area contributed by atoms with E-state index < -0.39 is 31.6 Å². The average Bonchev–Trinajstić information content (AvgIpc) is 2.60. The Labute approximate surface area is 152 Å². The molecule has 138 valence electrons. The number of non-ortho nitro benzene ring substituents is 1. The maximum atomic E-state index is 12.2. The molecule has 0 saturated heterocycles. The van der Waals surface area contributed by atoms with Crippen molar-refractivity contribution in [3.05, 3.63) is 70.3 Å². The lowest BCUT2D eigenvalue weighted by Crippen LogP contribution is -2.11. The predicted molar refractivity (Wildman–Crippen MR) is 96.5 cm³/mol. The summed E-state index contributed by atoms with van der Waals surface area (Å²) in [5, 5.41) is 23.9. The first-order valence-corrected chi connectivity index (χ1v) is 8.89. The number of aromatic hydroxyl groups is 1. The number of amides is 1. The zero-order chi connectivity index (χ0) is 19.8. The molecule has 0 bridgehead atoms. The second-order valence-corrected chi connectivity index (χ2v) is 7.00. The van der Waals surface area contributed by atoms with E-state index in [2.05, 4.69) is 5.32 Å². The second kappa shape index (κ2) is 6.67. The molecule has 1 amide bonds. The number of fused-ring (bicyclic) bond motifs is 1. The van der Waals surface area contributed by atoms with Gasteiger partial charge in [-0.05, 0) is 47.2 Å². The van der Waals surface area contributed by atoms with Gasteiger partial charge in [0.05, 0.1) is 4.92 Å². The zero-order valence-corrected chi connectivity index (χ0v) is 14.3. The van der Waals surface area contributed by atoms with Gasteiger partial charge in [0, 0.05) is 23.4 Å². The Morgan fingerprint density at radius 1 is 1.00 bits per heavy atom. The van der Waals surface area contributed by atoms with Crippen molar-refractivity contribution in [2.24, 2.45) is 0 Å². The van der Waals surface area contributed by atoms with E-state index in [0.717, 1.165) is 12.1 Å². The van der Waals surface area contributed by atoms with Gasteiger partial charge < -0.3 is 10.4 Å². The Hall–Kier alpha value is -3.50. The summed E-state index contributed by atoms with van der Waals surface area (Å²) in [5.41, 5.74) is 0.442. The molecule has 3 aromatic carbocycles. The second-order valence-electron chi connectivity index (χ2n) is 5.62. The van der Waals surface area contributed by atoms with E-state index in [4.69, 9.17) is 4.55 Å². The van der Waals surface area contributed by atoms with Crippen molar-refractivity contribution in [3.63, 3.8) is 0 Å². The number of hydrogen-bond acceptors (Lipinski definition) is 6. The van der Waals surface area contributed by atoms with Crippen LogP contribution in [0.5, 0.6) is 5.75 Å². The number of phenolic OH excluding ortho intramolecular Hbond substituents is 1. The molecule has 27 heavy (non-hydrogen) atoms. The van der Waals surface area contributed by atoms with Crippen LogP contribution in [0.2, 0.25) is 0 Å². The third-order valence-corrected chi connectivity index (χ3v) is 4.68. The number of nitrogens with one attached hydrogen (secondary N) is 1. The number of nitrogens with zero attached hydrogens (tertiary/aromatic N) is 1. The van der Waals surface area contributed by atoms with Gasteiger partial charge in [0.15, 0.2) is 0 Å². The Morgan fingerprint density at radius 2 is 1.67 bits per heavy atom. The highest BCUT2D eigenvalue weighted by molar-refractivity contribution is 7.86. The first kappa shape index (κ1) is 18.3. The first-order chi connectivity index (χ1) is 12.6. The van der Waals surface area contributed by atoms with Crippen molar-refractivity contribution in [1.82, 2.24) is 0 Å². The largest absolute Gasteiger partial charge is 0.506 e. The fourth-order valence-corrected chi connectivity index (χ4v) is 3.09. The quantitative estimate of drug-likeness (QED) is 0.354. The van der Waals surface area contributed by atoms with Crippen molar-refractivity contribution < 1.29 is 27.8 Å². The summed E-state index contributed by atoms with van der Waals surface area (Å²) < 4.78 is 31.6. The van der Waals surface area contributed by atoms with Crippen LogP contribution < -0.4 is 5.32 Å². The van der Waals surface area contributed by atoms with E-state index in [-0.39, 0.29) is 11.3 Å². The molecule has 0 saturated carbocycles. The average molecular weight is 388 g/mol. The van der Waals surface area contributed by atoms with Crippen LogP contribution in [-0.2, 0) is 10.1 Å². The molecule has 10 heteroatoms. The number of anilines is 1. The van der Waals surface area contributed by atoms with Gasteiger partial charge in [-0.3, -0.25) is 19.5 Å². The molecule has 0 atom stereocenters. The molecule has 3 aromatic rings. The third kappa shape index (κ3) is 3.86. The minimum Gasteiger partial charge on any atom is -0.506 e. The smallest absolute Gasteiger partial charge is 0.298 e. The summed E-state index contributed by atoms with van der Waals surface area (Å²) in [7, 11) is -4.57. The van der Waals surface area contributed by atoms with Crippen LogP contribution in [0.1, 0.15) is 10.4 Å². The van der Waals surface area contributed by atoms with Crippen LogP contribution in [0.3, 0.4) is 0 Å². The number of rotatable bonds is 4. The Bertz CT molecular complexity index is 1170. The Morgan fingerprint density at radius 3 is 2.26 bits per heavy atom. The Balaban J connectivity index is 1.89. The highest BCUT2D eigenvalue weighted by atomic mass is 32.2. The lowest BCUT2D eigenvalue weighted by atomic mass is 10.1. The van der Waals surface area contributed by atoms with Gasteiger partial charge in [0.2, 0.25) is 0 Å². The fraction of sp³-hybridized carbons (Fsp3) is 0. The monoisotopic (exact) mass is 388 g/mol. The summed E-state index contributed by atoms with van der Waals surface area (Å²) in [6.45, 7) is 0. The summed E-state index contributed by atoms with van der Waals surface area (Å²) in [5.74, 6) is -1.12. The summed E-state index contributed by atoms with van der Waals surface area (Å²) in [6.07, 6.45) is 0. The number of nitro groups is 1. The topological polar surface area (TPSA) is 147 Å². The fourth-order valence-electron chi connectivity index (χ4n) is 2.49. The minimum atomic E-state index is -4.57.